The van der Waals surface area contributed by atoms with Crippen LogP contribution in [0.15, 0.2) is 18.2 Å². The topological polar surface area (TPSA) is 87.5 Å². The van der Waals surface area contributed by atoms with Crippen molar-refractivity contribution in [2.75, 3.05) is 39.3 Å². The molecule has 1 heterocycles. The molecule has 1 aliphatic rings. The predicted octanol–water partition coefficient (Wildman–Crippen LogP) is 0.538. The standard InChI is InChI=1S/C14H20N4O3/c1-11-8-12(10-13(9-11)18(20)21)14(19)16-4-7-17-5-2-15-3-6-17/h8-10,15H,2-7H2,1H3,(H,16,19). The molecule has 0 saturated carbocycles. The summed E-state index contributed by atoms with van der Waals surface area (Å²) in [5.74, 6) is -0.267. The molecule has 0 aliphatic carbocycles. The fraction of sp³-hybridized carbons (Fsp3) is 0.500. The maximum Gasteiger partial charge on any atom is 0.270 e. The highest BCUT2D eigenvalue weighted by Crippen LogP contribution is 2.16. The summed E-state index contributed by atoms with van der Waals surface area (Å²) >= 11 is 0. The maximum atomic E-state index is 12.0. The van der Waals surface area contributed by atoms with E-state index in [9.17, 15) is 14.9 Å². The van der Waals surface area contributed by atoms with Gasteiger partial charge in [-0.3, -0.25) is 19.8 Å². The van der Waals surface area contributed by atoms with Gasteiger partial charge in [0.15, 0.2) is 0 Å². The smallest absolute Gasteiger partial charge is 0.270 e. The predicted molar refractivity (Wildman–Crippen MR) is 79.5 cm³/mol. The molecule has 7 heteroatoms. The lowest BCUT2D eigenvalue weighted by atomic mass is 10.1. The van der Waals surface area contributed by atoms with Gasteiger partial charge in [-0.2, -0.15) is 0 Å². The van der Waals surface area contributed by atoms with Gasteiger partial charge in [-0.1, -0.05) is 0 Å². The van der Waals surface area contributed by atoms with Gasteiger partial charge in [0.05, 0.1) is 4.92 Å². The molecule has 2 rings (SSSR count). The van der Waals surface area contributed by atoms with E-state index >= 15 is 0 Å². The van der Waals surface area contributed by atoms with E-state index in [0.29, 0.717) is 17.7 Å². The van der Waals surface area contributed by atoms with E-state index in [1.54, 1.807) is 13.0 Å². The van der Waals surface area contributed by atoms with E-state index in [0.717, 1.165) is 32.7 Å². The third-order valence-corrected chi connectivity index (χ3v) is 3.46. The summed E-state index contributed by atoms with van der Waals surface area (Å²) in [5, 5.41) is 16.9. The number of nitrogens with zero attached hydrogens (tertiary/aromatic N) is 2. The van der Waals surface area contributed by atoms with Crippen molar-refractivity contribution in [3.63, 3.8) is 0 Å². The summed E-state index contributed by atoms with van der Waals surface area (Å²) in [7, 11) is 0. The monoisotopic (exact) mass is 292 g/mol. The van der Waals surface area contributed by atoms with Gasteiger partial charge in [-0.15, -0.1) is 0 Å². The van der Waals surface area contributed by atoms with Crippen molar-refractivity contribution < 1.29 is 9.72 Å². The first-order valence-corrected chi connectivity index (χ1v) is 7.03. The third-order valence-electron chi connectivity index (χ3n) is 3.46. The molecule has 1 saturated heterocycles. The van der Waals surface area contributed by atoms with E-state index in [4.69, 9.17) is 0 Å². The highest BCUT2D eigenvalue weighted by Gasteiger charge is 2.14. The molecule has 2 N–H and O–H groups in total. The fourth-order valence-electron chi connectivity index (χ4n) is 2.36. The Bertz CT molecular complexity index is 527. The number of benzene rings is 1. The number of aryl methyl sites for hydroxylation is 1. The molecule has 1 aromatic rings. The number of piperazine rings is 1. The number of carbonyl (C=O) groups excluding carboxylic acids is 1. The molecular weight excluding hydrogens is 272 g/mol. The number of nitro groups is 1. The molecule has 0 aromatic heterocycles. The average Bonchev–Trinajstić information content (AvgIpc) is 2.47. The summed E-state index contributed by atoms with van der Waals surface area (Å²) in [6.07, 6.45) is 0. The fourth-order valence-corrected chi connectivity index (χ4v) is 2.36. The molecule has 0 unspecified atom stereocenters. The summed E-state index contributed by atoms with van der Waals surface area (Å²) < 4.78 is 0. The molecule has 1 aromatic carbocycles. The molecule has 21 heavy (non-hydrogen) atoms. The Kier molecular flexibility index (Phi) is 5.24. The lowest BCUT2D eigenvalue weighted by Gasteiger charge is -2.27. The second-order valence-corrected chi connectivity index (χ2v) is 5.16. The molecule has 7 nitrogen and oxygen atoms in total. The maximum absolute atomic E-state index is 12.0. The molecular formula is C14H20N4O3. The molecule has 1 amide bonds. The van der Waals surface area contributed by atoms with Crippen molar-refractivity contribution in [2.45, 2.75) is 6.92 Å². The van der Waals surface area contributed by atoms with Crippen LogP contribution in [-0.4, -0.2) is 55.0 Å². The van der Waals surface area contributed by atoms with Crippen LogP contribution in [-0.2, 0) is 0 Å². The Labute approximate surface area is 123 Å². The van der Waals surface area contributed by atoms with Crippen LogP contribution < -0.4 is 10.6 Å². The minimum atomic E-state index is -0.482. The van der Waals surface area contributed by atoms with Crippen LogP contribution in [0.1, 0.15) is 15.9 Å². The quantitative estimate of drug-likeness (QED) is 0.611. The van der Waals surface area contributed by atoms with Crippen LogP contribution in [0, 0.1) is 17.0 Å². The summed E-state index contributed by atoms with van der Waals surface area (Å²) in [6, 6.07) is 4.43. The van der Waals surface area contributed by atoms with Gasteiger partial charge in [0, 0.05) is 57.0 Å². The highest BCUT2D eigenvalue weighted by atomic mass is 16.6. The number of amides is 1. The number of rotatable bonds is 5. The Balaban J connectivity index is 1.89. The van der Waals surface area contributed by atoms with Crippen molar-refractivity contribution in [1.82, 2.24) is 15.5 Å². The number of non-ortho nitro benzene ring substituents is 1. The molecule has 1 aliphatic heterocycles. The van der Waals surface area contributed by atoms with E-state index in [1.165, 1.54) is 12.1 Å². The summed E-state index contributed by atoms with van der Waals surface area (Å²) in [5.41, 5.74) is 0.987. The van der Waals surface area contributed by atoms with Gasteiger partial charge in [0.2, 0.25) is 0 Å². The van der Waals surface area contributed by atoms with E-state index in [2.05, 4.69) is 15.5 Å². The van der Waals surface area contributed by atoms with E-state index in [1.807, 2.05) is 0 Å². The van der Waals surface area contributed by atoms with Crippen molar-refractivity contribution >= 4 is 11.6 Å². The second-order valence-electron chi connectivity index (χ2n) is 5.16. The van der Waals surface area contributed by atoms with Gasteiger partial charge in [-0.25, -0.2) is 0 Å². The first-order chi connectivity index (χ1) is 10.1. The normalized spacial score (nSPS) is 15.7. The van der Waals surface area contributed by atoms with E-state index < -0.39 is 4.92 Å². The summed E-state index contributed by atoms with van der Waals surface area (Å²) in [4.78, 5) is 24.7. The minimum absolute atomic E-state index is 0.0535. The Morgan fingerprint density at radius 2 is 2.10 bits per heavy atom. The van der Waals surface area contributed by atoms with Crippen molar-refractivity contribution in [1.29, 1.82) is 0 Å². The minimum Gasteiger partial charge on any atom is -0.351 e. The van der Waals surface area contributed by atoms with Gasteiger partial charge in [0.1, 0.15) is 0 Å². The lowest BCUT2D eigenvalue weighted by molar-refractivity contribution is -0.384. The second kappa shape index (κ2) is 7.14. The van der Waals surface area contributed by atoms with Crippen LogP contribution in [0.2, 0.25) is 0 Å². The van der Waals surface area contributed by atoms with E-state index in [-0.39, 0.29) is 11.6 Å². The number of nitro benzene ring substituents is 1. The largest absolute Gasteiger partial charge is 0.351 e. The zero-order valence-corrected chi connectivity index (χ0v) is 12.1. The van der Waals surface area contributed by atoms with Crippen LogP contribution >= 0.6 is 0 Å². The zero-order chi connectivity index (χ0) is 15.2. The summed E-state index contributed by atoms with van der Waals surface area (Å²) in [6.45, 7) is 6.97. The lowest BCUT2D eigenvalue weighted by Crippen LogP contribution is -2.46. The Morgan fingerprint density at radius 3 is 2.76 bits per heavy atom. The zero-order valence-electron chi connectivity index (χ0n) is 12.1. The van der Waals surface area contributed by atoms with Crippen LogP contribution in [0.25, 0.3) is 0 Å². The number of carbonyl (C=O) groups is 1. The Morgan fingerprint density at radius 1 is 1.38 bits per heavy atom. The molecule has 0 bridgehead atoms. The number of nitrogens with one attached hydrogen (secondary N) is 2. The molecule has 1 fully saturated rings. The SMILES string of the molecule is Cc1cc(C(=O)NCCN2CCNCC2)cc([N+](=O)[O-])c1. The first kappa shape index (κ1) is 15.4. The van der Waals surface area contributed by atoms with Crippen LogP contribution in [0.5, 0.6) is 0 Å². The van der Waals surface area contributed by atoms with Crippen molar-refractivity contribution in [3.05, 3.63) is 39.4 Å². The molecule has 0 spiro atoms. The van der Waals surface area contributed by atoms with Gasteiger partial charge < -0.3 is 10.6 Å². The molecule has 0 atom stereocenters. The third kappa shape index (κ3) is 4.51. The number of hydrogen-bond acceptors (Lipinski definition) is 5. The Hall–Kier alpha value is -1.99. The molecule has 114 valence electrons. The first-order valence-electron chi connectivity index (χ1n) is 7.03. The van der Waals surface area contributed by atoms with Crippen molar-refractivity contribution in [3.8, 4) is 0 Å². The number of hydrogen-bond donors (Lipinski definition) is 2. The van der Waals surface area contributed by atoms with Crippen LogP contribution in [0.3, 0.4) is 0 Å². The van der Waals surface area contributed by atoms with Gasteiger partial charge in [0.25, 0.3) is 11.6 Å². The highest BCUT2D eigenvalue weighted by molar-refractivity contribution is 5.95. The van der Waals surface area contributed by atoms with Crippen molar-refractivity contribution in [2.24, 2.45) is 0 Å². The molecule has 0 radical (unpaired) electrons. The van der Waals surface area contributed by atoms with Crippen LogP contribution in [0.4, 0.5) is 5.69 Å². The average molecular weight is 292 g/mol. The van der Waals surface area contributed by atoms with Gasteiger partial charge in [-0.05, 0) is 18.6 Å². The van der Waals surface area contributed by atoms with Gasteiger partial charge >= 0.3 is 0 Å².